The van der Waals surface area contributed by atoms with E-state index in [0.29, 0.717) is 0 Å². The monoisotopic (exact) mass is 335 g/mol. The maximum Gasteiger partial charge on any atom is 3.00 e. The summed E-state index contributed by atoms with van der Waals surface area (Å²) in [4.78, 5) is 0. The zero-order valence-corrected chi connectivity index (χ0v) is 10.6. The van der Waals surface area contributed by atoms with Crippen molar-refractivity contribution in [2.45, 2.75) is 0 Å². The third-order valence-corrected chi connectivity index (χ3v) is 0. The first-order chi connectivity index (χ1) is 7.00. The van der Waals surface area contributed by atoms with Gasteiger partial charge in [0.1, 0.15) is 0 Å². The minimum atomic E-state index is 0. The van der Waals surface area contributed by atoms with Crippen LogP contribution in [-0.2, 0) is 38.1 Å². The zero-order valence-electron chi connectivity index (χ0n) is 7.42. The molecule has 2 radical (unpaired) electrons. The fourth-order valence-electron chi connectivity index (χ4n) is 0. The molecule has 0 aliphatic heterocycles. The van der Waals surface area contributed by atoms with Gasteiger partial charge in [-0.1, -0.05) is 0 Å². The second-order valence-corrected chi connectivity index (χ2v) is 0. The van der Waals surface area contributed by atoms with Crippen molar-refractivity contribution in [1.82, 2.24) is 0 Å². The number of rotatable bonds is 0. The standard InChI is InChI=1S/7CN.Mn.Mo/c7*1-2;;/q7*-1;;+3. The minimum Gasteiger partial charge on any atom is -0.512 e. The molecule has 0 aliphatic carbocycles. The molecule has 0 atom stereocenters. The van der Waals surface area contributed by atoms with Crippen LogP contribution in [0.3, 0.4) is 0 Å². The summed E-state index contributed by atoms with van der Waals surface area (Å²) >= 11 is 0. The summed E-state index contributed by atoms with van der Waals surface area (Å²) in [7, 11) is 0. The largest absolute Gasteiger partial charge is 3.00 e. The van der Waals surface area contributed by atoms with Crippen LogP contribution in [0.2, 0.25) is 0 Å². The quantitative estimate of drug-likeness (QED) is 0.463. The van der Waals surface area contributed by atoms with Crippen LogP contribution in [0.25, 0.3) is 0 Å². The van der Waals surface area contributed by atoms with Gasteiger partial charge in [-0.3, -0.25) is 0 Å². The van der Waals surface area contributed by atoms with Crippen LogP contribution >= 0.6 is 0 Å². The molecule has 9 heteroatoms. The van der Waals surface area contributed by atoms with Crippen molar-refractivity contribution in [3.05, 3.63) is 46.0 Å². The molecule has 16 heavy (non-hydrogen) atoms. The Morgan fingerprint density at radius 3 is 0.312 bits per heavy atom. The zero-order chi connectivity index (χ0) is 14.0. The van der Waals surface area contributed by atoms with Crippen LogP contribution in [0.4, 0.5) is 0 Å². The van der Waals surface area contributed by atoms with E-state index >= 15 is 0 Å². The molecule has 0 unspecified atom stereocenters. The van der Waals surface area contributed by atoms with E-state index in [0.717, 1.165) is 0 Å². The molecule has 0 amide bonds. The van der Waals surface area contributed by atoms with Crippen LogP contribution < -0.4 is 0 Å². The third kappa shape index (κ3) is 236. The Morgan fingerprint density at radius 2 is 0.312 bits per heavy atom. The van der Waals surface area contributed by atoms with Crippen LogP contribution in [-0.4, -0.2) is 0 Å². The molecule has 0 aliphatic rings. The Hall–Kier alpha value is -2.36. The second-order valence-electron chi connectivity index (χ2n) is 0. The van der Waals surface area contributed by atoms with Gasteiger partial charge in [-0.25, -0.2) is 0 Å². The SMILES string of the molecule is [C-]#N.[C-]#N.[C-]#N.[C-]#N.[C-]#N.[C-]#N.[C-]#N.[Mn].[Mo+3]. The predicted molar refractivity (Wildman–Crippen MR) is 34.8 cm³/mol. The fourth-order valence-corrected chi connectivity index (χ4v) is 0. The fraction of sp³-hybridized carbons (Fsp3) is 0. The number of hydrogen-bond acceptors (Lipinski definition) is 7. The molecular formula is C7MnMoN7-4. The van der Waals surface area contributed by atoms with Crippen LogP contribution in [0.1, 0.15) is 0 Å². The van der Waals surface area contributed by atoms with E-state index in [9.17, 15) is 0 Å². The van der Waals surface area contributed by atoms with Crippen molar-refractivity contribution in [3.63, 3.8) is 0 Å². The molecular weight excluding hydrogens is 333 g/mol. The third-order valence-electron chi connectivity index (χ3n) is 0. The van der Waals surface area contributed by atoms with E-state index in [1.54, 1.807) is 0 Å². The molecule has 0 saturated heterocycles. The van der Waals surface area contributed by atoms with Crippen LogP contribution in [0, 0.1) is 82.8 Å². The molecule has 7 nitrogen and oxygen atoms in total. The summed E-state index contributed by atoms with van der Waals surface area (Å²) in [5.41, 5.74) is 0. The Bertz CT molecular complexity index is 117. The van der Waals surface area contributed by atoms with Gasteiger partial charge in [0.15, 0.2) is 0 Å². The van der Waals surface area contributed by atoms with Crippen LogP contribution in [0.15, 0.2) is 0 Å². The minimum absolute atomic E-state index is 0. The summed E-state index contributed by atoms with van der Waals surface area (Å²) in [6.07, 6.45) is 0. The van der Waals surface area contributed by atoms with E-state index in [4.69, 9.17) is 82.8 Å². The van der Waals surface area contributed by atoms with Crippen molar-refractivity contribution in [1.29, 1.82) is 36.8 Å². The van der Waals surface area contributed by atoms with E-state index in [1.807, 2.05) is 0 Å². The number of hydrogen-bond donors (Lipinski definition) is 0. The van der Waals surface area contributed by atoms with Gasteiger partial charge in [-0.15, -0.1) is 0 Å². The van der Waals surface area contributed by atoms with E-state index in [-0.39, 0.29) is 38.1 Å². The topological polar surface area (TPSA) is 167 Å². The van der Waals surface area contributed by atoms with Gasteiger partial charge in [-0.05, 0) is 0 Å². The van der Waals surface area contributed by atoms with E-state index in [2.05, 4.69) is 0 Å². The van der Waals surface area contributed by atoms with Gasteiger partial charge >= 0.3 is 21.1 Å². The molecule has 0 heterocycles. The first-order valence-corrected chi connectivity index (χ1v) is 1.57. The molecule has 0 aromatic rings. The van der Waals surface area contributed by atoms with Crippen molar-refractivity contribution in [3.8, 4) is 0 Å². The average Bonchev–Trinajstić information content (AvgIpc) is 2.45. The summed E-state index contributed by atoms with van der Waals surface area (Å²) < 4.78 is 0. The Labute approximate surface area is 121 Å². The molecule has 0 bridgehead atoms. The van der Waals surface area contributed by atoms with Crippen molar-refractivity contribution < 1.29 is 38.1 Å². The van der Waals surface area contributed by atoms with Gasteiger partial charge in [0.25, 0.3) is 0 Å². The molecule has 0 saturated carbocycles. The second kappa shape index (κ2) is 307. The molecule has 0 aromatic carbocycles. The molecule has 0 N–H and O–H groups in total. The average molecular weight is 333 g/mol. The Morgan fingerprint density at radius 1 is 0.312 bits per heavy atom. The molecule has 0 rings (SSSR count). The Kier molecular flexibility index (Phi) is 1940. The smallest absolute Gasteiger partial charge is 0.512 e. The summed E-state index contributed by atoms with van der Waals surface area (Å²) in [6.45, 7) is 33.2. The van der Waals surface area contributed by atoms with Crippen molar-refractivity contribution >= 4 is 0 Å². The van der Waals surface area contributed by atoms with E-state index in [1.165, 1.54) is 0 Å². The summed E-state index contributed by atoms with van der Waals surface area (Å²) in [5, 5.41) is 43.8. The first-order valence-electron chi connectivity index (χ1n) is 1.57. The maximum absolute atomic E-state index is 6.25. The van der Waals surface area contributed by atoms with Crippen molar-refractivity contribution in [2.75, 3.05) is 0 Å². The summed E-state index contributed by atoms with van der Waals surface area (Å²) in [5.74, 6) is 0. The maximum atomic E-state index is 6.25. The van der Waals surface area contributed by atoms with Crippen molar-refractivity contribution in [2.24, 2.45) is 0 Å². The molecule has 0 aromatic heterocycles. The molecule has 0 fully saturated rings. The van der Waals surface area contributed by atoms with Gasteiger partial charge < -0.3 is 82.8 Å². The Balaban J connectivity index is -0.00000000500. The van der Waals surface area contributed by atoms with Gasteiger partial charge in [0, 0.05) is 17.1 Å². The predicted octanol–water partition coefficient (Wildman–Crippen LogP) is 0.670. The summed E-state index contributed by atoms with van der Waals surface area (Å²) in [6, 6.07) is 0. The molecule has 80 valence electrons. The normalized spacial score (nSPS) is 0.875. The first kappa shape index (κ1) is 101. The van der Waals surface area contributed by atoms with Crippen LogP contribution in [0.5, 0.6) is 0 Å². The number of nitrogens with zero attached hydrogens (tertiary/aromatic N) is 7. The van der Waals surface area contributed by atoms with Gasteiger partial charge in [-0.2, -0.15) is 0 Å². The van der Waals surface area contributed by atoms with Gasteiger partial charge in [0.05, 0.1) is 0 Å². The van der Waals surface area contributed by atoms with E-state index < -0.39 is 0 Å². The van der Waals surface area contributed by atoms with Gasteiger partial charge in [0.2, 0.25) is 0 Å². The molecule has 0 spiro atoms.